The van der Waals surface area contributed by atoms with Crippen LogP contribution in [0.4, 0.5) is 0 Å². The van der Waals surface area contributed by atoms with E-state index in [1.165, 1.54) is 29.2 Å². The van der Waals surface area contributed by atoms with Crippen LogP contribution < -0.4 is 5.19 Å². The molecule has 0 fully saturated rings. The third-order valence-corrected chi connectivity index (χ3v) is 5.23. The molecule has 2 atom stereocenters. The lowest BCUT2D eigenvalue weighted by Gasteiger charge is -2.25. The van der Waals surface area contributed by atoms with Crippen molar-refractivity contribution in [2.24, 2.45) is 0 Å². The smallest absolute Gasteiger partial charge is 0.269 e. The second kappa shape index (κ2) is 7.42. The number of hydrogen-bond donors (Lipinski definition) is 0. The van der Waals surface area contributed by atoms with E-state index in [4.69, 9.17) is 4.43 Å². The lowest BCUT2D eigenvalue weighted by molar-refractivity contribution is 0.141. The van der Waals surface area contributed by atoms with E-state index < -0.39 is 0 Å². The number of rotatable bonds is 6. The van der Waals surface area contributed by atoms with Gasteiger partial charge in [0.05, 0.1) is 0 Å². The Labute approximate surface area is 128 Å². The van der Waals surface area contributed by atoms with Gasteiger partial charge in [-0.25, -0.2) is 0 Å². The van der Waals surface area contributed by atoms with Gasteiger partial charge < -0.3 is 4.43 Å². The van der Waals surface area contributed by atoms with Gasteiger partial charge in [0.25, 0.3) is 9.76 Å². The second-order valence-corrected chi connectivity index (χ2v) is 7.69. The molecule has 1 aromatic rings. The standard InChI is InChI=1S/C18H30OSi/c1-8-13(3)15-11-10-12-16(17(15)14(4)9-2)20-19-18(5,6)7/h10-14H,8-9H2,1-7H3. The molecule has 0 N–H and O–H groups in total. The van der Waals surface area contributed by atoms with E-state index in [1.807, 2.05) is 0 Å². The Kier molecular flexibility index (Phi) is 6.47. The van der Waals surface area contributed by atoms with Crippen LogP contribution in [0.2, 0.25) is 0 Å². The van der Waals surface area contributed by atoms with Crippen LogP contribution >= 0.6 is 0 Å². The molecular weight excluding hydrogens is 260 g/mol. The van der Waals surface area contributed by atoms with Gasteiger partial charge in [-0.15, -0.1) is 0 Å². The molecule has 0 bridgehead atoms. The van der Waals surface area contributed by atoms with Crippen molar-refractivity contribution in [2.45, 2.75) is 78.7 Å². The summed E-state index contributed by atoms with van der Waals surface area (Å²) in [6, 6.07) is 6.75. The first-order valence-electron chi connectivity index (χ1n) is 7.87. The fourth-order valence-electron chi connectivity index (χ4n) is 2.28. The minimum atomic E-state index is -0.0719. The van der Waals surface area contributed by atoms with Crippen molar-refractivity contribution in [3.8, 4) is 0 Å². The first-order chi connectivity index (χ1) is 9.30. The lowest BCUT2D eigenvalue weighted by atomic mass is 9.86. The van der Waals surface area contributed by atoms with Crippen LogP contribution in [0.25, 0.3) is 0 Å². The van der Waals surface area contributed by atoms with Crippen molar-refractivity contribution in [2.75, 3.05) is 0 Å². The zero-order chi connectivity index (χ0) is 15.3. The zero-order valence-electron chi connectivity index (χ0n) is 14.2. The van der Waals surface area contributed by atoms with Crippen LogP contribution in [0.5, 0.6) is 0 Å². The van der Waals surface area contributed by atoms with Gasteiger partial charge in [-0.2, -0.15) is 0 Å². The maximum atomic E-state index is 6.05. The summed E-state index contributed by atoms with van der Waals surface area (Å²) in [5.41, 5.74) is 2.98. The number of benzene rings is 1. The molecule has 0 aliphatic heterocycles. The van der Waals surface area contributed by atoms with E-state index in [-0.39, 0.29) is 5.60 Å². The molecule has 1 nitrogen and oxygen atoms in total. The molecule has 0 amide bonds. The average molecular weight is 291 g/mol. The quantitative estimate of drug-likeness (QED) is 0.686. The summed E-state index contributed by atoms with van der Waals surface area (Å²) in [6.45, 7) is 15.6. The summed E-state index contributed by atoms with van der Waals surface area (Å²) < 4.78 is 6.05. The molecule has 0 aliphatic rings. The predicted molar refractivity (Wildman–Crippen MR) is 90.1 cm³/mol. The summed E-state index contributed by atoms with van der Waals surface area (Å²) in [5.74, 6) is 1.23. The first-order valence-corrected chi connectivity index (χ1v) is 8.77. The minimum Gasteiger partial charge on any atom is -0.407 e. The third-order valence-electron chi connectivity index (χ3n) is 3.86. The fraction of sp³-hybridized carbons (Fsp3) is 0.667. The maximum absolute atomic E-state index is 6.05. The first kappa shape index (κ1) is 17.4. The maximum Gasteiger partial charge on any atom is 0.269 e. The second-order valence-electron chi connectivity index (χ2n) is 6.74. The normalized spacial score (nSPS) is 15.2. The Balaban J connectivity index is 3.15. The van der Waals surface area contributed by atoms with Crippen molar-refractivity contribution in [3.05, 3.63) is 29.3 Å². The molecule has 1 rings (SSSR count). The molecule has 0 aromatic heterocycles. The molecule has 0 saturated carbocycles. The molecule has 2 unspecified atom stereocenters. The largest absolute Gasteiger partial charge is 0.407 e. The molecule has 0 heterocycles. The van der Waals surface area contributed by atoms with Crippen molar-refractivity contribution in [1.29, 1.82) is 0 Å². The van der Waals surface area contributed by atoms with Gasteiger partial charge in [0.15, 0.2) is 0 Å². The summed E-state index contributed by atoms with van der Waals surface area (Å²) in [4.78, 5) is 0. The summed E-state index contributed by atoms with van der Waals surface area (Å²) in [6.07, 6.45) is 2.37. The van der Waals surface area contributed by atoms with Crippen molar-refractivity contribution < 1.29 is 4.43 Å². The van der Waals surface area contributed by atoms with Crippen LogP contribution in [0.3, 0.4) is 0 Å². The highest BCUT2D eigenvalue weighted by Gasteiger charge is 2.20. The molecular formula is C18H30OSi. The van der Waals surface area contributed by atoms with Crippen LogP contribution in [0.15, 0.2) is 18.2 Å². The summed E-state index contributed by atoms with van der Waals surface area (Å²) in [7, 11) is 0.441. The van der Waals surface area contributed by atoms with Gasteiger partial charge >= 0.3 is 0 Å². The molecule has 20 heavy (non-hydrogen) atoms. The molecule has 0 spiro atoms. The molecule has 0 aliphatic carbocycles. The Hall–Kier alpha value is -0.603. The molecule has 1 aromatic carbocycles. The third kappa shape index (κ3) is 4.74. The van der Waals surface area contributed by atoms with Gasteiger partial charge in [0, 0.05) is 5.60 Å². The predicted octanol–water partition coefficient (Wildman–Crippen LogP) is 4.77. The van der Waals surface area contributed by atoms with Crippen LogP contribution in [0.1, 0.15) is 84.3 Å². The summed E-state index contributed by atoms with van der Waals surface area (Å²) in [5, 5.41) is 1.40. The van der Waals surface area contributed by atoms with Gasteiger partial charge in [-0.3, -0.25) is 0 Å². The lowest BCUT2D eigenvalue weighted by Crippen LogP contribution is -2.32. The molecule has 112 valence electrons. The minimum absolute atomic E-state index is 0.0719. The molecule has 2 heteroatoms. The molecule has 2 radical (unpaired) electrons. The highest BCUT2D eigenvalue weighted by atomic mass is 28.2. The van der Waals surface area contributed by atoms with E-state index in [1.54, 1.807) is 0 Å². The van der Waals surface area contributed by atoms with Gasteiger partial charge in [0.1, 0.15) is 0 Å². The van der Waals surface area contributed by atoms with Crippen LogP contribution in [-0.2, 0) is 4.43 Å². The van der Waals surface area contributed by atoms with Gasteiger partial charge in [-0.1, -0.05) is 45.9 Å². The Morgan fingerprint density at radius 1 is 1.05 bits per heavy atom. The SMILES string of the molecule is CCC(C)c1cccc([Si]OC(C)(C)C)c1C(C)CC. The monoisotopic (exact) mass is 290 g/mol. The van der Waals surface area contributed by atoms with Crippen LogP contribution in [-0.4, -0.2) is 15.4 Å². The topological polar surface area (TPSA) is 9.23 Å². The van der Waals surface area contributed by atoms with E-state index in [0.717, 1.165) is 0 Å². The van der Waals surface area contributed by atoms with Crippen molar-refractivity contribution in [3.63, 3.8) is 0 Å². The van der Waals surface area contributed by atoms with E-state index in [9.17, 15) is 0 Å². The van der Waals surface area contributed by atoms with E-state index in [0.29, 0.717) is 21.6 Å². The highest BCUT2D eigenvalue weighted by molar-refractivity contribution is 6.47. The van der Waals surface area contributed by atoms with Crippen molar-refractivity contribution >= 4 is 14.9 Å². The van der Waals surface area contributed by atoms with E-state index in [2.05, 4.69) is 66.7 Å². The Bertz CT molecular complexity index is 420. The molecule has 0 saturated heterocycles. The van der Waals surface area contributed by atoms with Crippen LogP contribution in [0, 0.1) is 0 Å². The zero-order valence-corrected chi connectivity index (χ0v) is 15.2. The van der Waals surface area contributed by atoms with Gasteiger partial charge in [0.2, 0.25) is 0 Å². The fourth-order valence-corrected chi connectivity index (χ4v) is 3.36. The summed E-state index contributed by atoms with van der Waals surface area (Å²) >= 11 is 0. The Morgan fingerprint density at radius 2 is 1.65 bits per heavy atom. The highest BCUT2D eigenvalue weighted by Crippen LogP contribution is 2.28. The van der Waals surface area contributed by atoms with E-state index >= 15 is 0 Å². The number of hydrogen-bond acceptors (Lipinski definition) is 1. The van der Waals surface area contributed by atoms with Gasteiger partial charge in [-0.05, 0) is 61.8 Å². The average Bonchev–Trinajstić information content (AvgIpc) is 2.42. The Morgan fingerprint density at radius 3 is 2.15 bits per heavy atom. The van der Waals surface area contributed by atoms with Crippen molar-refractivity contribution in [1.82, 2.24) is 0 Å².